The molecule has 0 heterocycles. The Morgan fingerprint density at radius 3 is 2.60 bits per heavy atom. The molecule has 2 N–H and O–H groups in total. The Morgan fingerprint density at radius 1 is 1.30 bits per heavy atom. The summed E-state index contributed by atoms with van der Waals surface area (Å²) in [7, 11) is 0. The number of carbonyl (C=O) groups excluding carboxylic acids is 1. The zero-order chi connectivity index (χ0) is 15.2. The van der Waals surface area contributed by atoms with Gasteiger partial charge < -0.3 is 15.2 Å². The highest BCUT2D eigenvalue weighted by atomic mass is 16.6. The Morgan fingerprint density at radius 2 is 2.00 bits per heavy atom. The van der Waals surface area contributed by atoms with E-state index in [1.54, 1.807) is 18.2 Å². The largest absolute Gasteiger partial charge is 0.478 e. The Kier molecular flexibility index (Phi) is 5.70. The second-order valence-corrected chi connectivity index (χ2v) is 5.52. The van der Waals surface area contributed by atoms with Crippen molar-refractivity contribution in [1.82, 2.24) is 5.32 Å². The minimum Gasteiger partial charge on any atom is -0.478 e. The molecule has 20 heavy (non-hydrogen) atoms. The number of carboxylic acids is 1. The highest BCUT2D eigenvalue weighted by Crippen LogP contribution is 2.08. The second-order valence-electron chi connectivity index (χ2n) is 5.52. The van der Waals surface area contributed by atoms with Crippen molar-refractivity contribution in [2.75, 3.05) is 6.54 Å². The van der Waals surface area contributed by atoms with Gasteiger partial charge in [0.2, 0.25) is 0 Å². The molecule has 5 heteroatoms. The number of ether oxygens (including phenoxy) is 1. The third-order valence-corrected chi connectivity index (χ3v) is 2.43. The van der Waals surface area contributed by atoms with E-state index < -0.39 is 11.6 Å². The molecule has 0 aliphatic rings. The van der Waals surface area contributed by atoms with Crippen molar-refractivity contribution in [1.29, 1.82) is 0 Å². The molecule has 0 aliphatic carbocycles. The van der Waals surface area contributed by atoms with Crippen molar-refractivity contribution in [2.45, 2.75) is 39.3 Å². The van der Waals surface area contributed by atoms with Crippen LogP contribution in [0.4, 0.5) is 0 Å². The molecule has 0 aromatic heterocycles. The molecule has 0 spiro atoms. The van der Waals surface area contributed by atoms with E-state index in [-0.39, 0.29) is 18.0 Å². The lowest BCUT2D eigenvalue weighted by Gasteiger charge is -2.19. The average molecular weight is 279 g/mol. The zero-order valence-electron chi connectivity index (χ0n) is 12.1. The fraction of sp³-hybridized carbons (Fsp3) is 0.467. The molecule has 1 rings (SSSR count). The van der Waals surface area contributed by atoms with Crippen molar-refractivity contribution < 1.29 is 19.4 Å². The maximum Gasteiger partial charge on any atom is 0.335 e. The monoisotopic (exact) mass is 279 g/mol. The van der Waals surface area contributed by atoms with Crippen LogP contribution in [0.15, 0.2) is 24.3 Å². The molecule has 0 bridgehead atoms. The first kappa shape index (κ1) is 16.2. The van der Waals surface area contributed by atoms with E-state index in [2.05, 4.69) is 5.32 Å². The molecule has 0 fully saturated rings. The normalized spacial score (nSPS) is 11.2. The first-order valence-electron chi connectivity index (χ1n) is 6.53. The predicted molar refractivity (Wildman–Crippen MR) is 75.6 cm³/mol. The standard InChI is InChI=1S/C15H21NO4/c1-15(2,3)20-13(17)7-8-16-10-11-5-4-6-12(9-11)14(18)19/h4-6,9,16H,7-8,10H2,1-3H3,(H,18,19). The molecule has 0 aliphatic heterocycles. The molecule has 1 aromatic rings. The molecular weight excluding hydrogens is 258 g/mol. The average Bonchev–Trinajstić information content (AvgIpc) is 2.33. The van der Waals surface area contributed by atoms with Gasteiger partial charge in [0.05, 0.1) is 12.0 Å². The quantitative estimate of drug-likeness (QED) is 0.617. The number of carboxylic acid groups (broad SMARTS) is 1. The fourth-order valence-corrected chi connectivity index (χ4v) is 1.63. The molecule has 1 aromatic carbocycles. The van der Waals surface area contributed by atoms with Crippen LogP contribution >= 0.6 is 0 Å². The summed E-state index contributed by atoms with van der Waals surface area (Å²) >= 11 is 0. The van der Waals surface area contributed by atoms with Crippen LogP contribution < -0.4 is 5.32 Å². The first-order valence-corrected chi connectivity index (χ1v) is 6.53. The van der Waals surface area contributed by atoms with Gasteiger partial charge in [0.1, 0.15) is 5.60 Å². The van der Waals surface area contributed by atoms with Crippen LogP contribution in [0.25, 0.3) is 0 Å². The SMILES string of the molecule is CC(C)(C)OC(=O)CCNCc1cccc(C(=O)O)c1. The van der Waals surface area contributed by atoms with Gasteiger partial charge in [0.15, 0.2) is 0 Å². The van der Waals surface area contributed by atoms with Crippen molar-refractivity contribution in [3.8, 4) is 0 Å². The molecule has 0 saturated carbocycles. The third-order valence-electron chi connectivity index (χ3n) is 2.43. The highest BCUT2D eigenvalue weighted by Gasteiger charge is 2.15. The summed E-state index contributed by atoms with van der Waals surface area (Å²) in [4.78, 5) is 22.3. The minimum atomic E-state index is -0.944. The lowest BCUT2D eigenvalue weighted by molar-refractivity contribution is -0.154. The maximum atomic E-state index is 11.5. The fourth-order valence-electron chi connectivity index (χ4n) is 1.63. The van der Waals surface area contributed by atoms with Crippen LogP contribution in [0.3, 0.4) is 0 Å². The second kappa shape index (κ2) is 7.05. The number of hydrogen-bond acceptors (Lipinski definition) is 4. The van der Waals surface area contributed by atoms with Gasteiger partial charge in [0, 0.05) is 13.1 Å². The van der Waals surface area contributed by atoms with E-state index >= 15 is 0 Å². The van der Waals surface area contributed by atoms with E-state index in [0.29, 0.717) is 13.1 Å². The number of esters is 1. The minimum absolute atomic E-state index is 0.246. The number of rotatable bonds is 6. The van der Waals surface area contributed by atoms with Crippen molar-refractivity contribution in [3.63, 3.8) is 0 Å². The first-order chi connectivity index (χ1) is 9.28. The van der Waals surface area contributed by atoms with Gasteiger partial charge in [-0.3, -0.25) is 4.79 Å². The molecule has 0 amide bonds. The third kappa shape index (κ3) is 6.33. The van der Waals surface area contributed by atoms with Crippen LogP contribution in [-0.2, 0) is 16.1 Å². The van der Waals surface area contributed by atoms with Crippen molar-refractivity contribution in [3.05, 3.63) is 35.4 Å². The van der Waals surface area contributed by atoms with Gasteiger partial charge in [0.25, 0.3) is 0 Å². The van der Waals surface area contributed by atoms with Gasteiger partial charge in [-0.15, -0.1) is 0 Å². The summed E-state index contributed by atoms with van der Waals surface area (Å²) in [6.07, 6.45) is 0.288. The molecule has 5 nitrogen and oxygen atoms in total. The number of aromatic carboxylic acids is 1. The summed E-state index contributed by atoms with van der Waals surface area (Å²) in [5.41, 5.74) is 0.665. The van der Waals surface area contributed by atoms with Crippen LogP contribution in [-0.4, -0.2) is 29.2 Å². The smallest absolute Gasteiger partial charge is 0.335 e. The number of carbonyl (C=O) groups is 2. The molecule has 0 unspecified atom stereocenters. The van der Waals surface area contributed by atoms with Gasteiger partial charge in [-0.2, -0.15) is 0 Å². The Balaban J connectivity index is 2.33. The molecule has 0 radical (unpaired) electrons. The molecule has 0 atom stereocenters. The number of hydrogen-bond donors (Lipinski definition) is 2. The lowest BCUT2D eigenvalue weighted by Crippen LogP contribution is -2.26. The van der Waals surface area contributed by atoms with Crippen LogP contribution in [0.1, 0.15) is 43.1 Å². The summed E-state index contributed by atoms with van der Waals surface area (Å²) in [5.74, 6) is -1.19. The van der Waals surface area contributed by atoms with Gasteiger partial charge >= 0.3 is 11.9 Å². The van der Waals surface area contributed by atoms with E-state index in [9.17, 15) is 9.59 Å². The Labute approximate surface area is 118 Å². The Hall–Kier alpha value is -1.88. The lowest BCUT2D eigenvalue weighted by atomic mass is 10.1. The zero-order valence-corrected chi connectivity index (χ0v) is 12.1. The molecule has 110 valence electrons. The summed E-state index contributed by atoms with van der Waals surface area (Å²) in [6, 6.07) is 6.70. The number of nitrogens with one attached hydrogen (secondary N) is 1. The van der Waals surface area contributed by atoms with Gasteiger partial charge in [-0.25, -0.2) is 4.79 Å². The Bertz CT molecular complexity index is 477. The van der Waals surface area contributed by atoms with Gasteiger partial charge in [-0.05, 0) is 38.5 Å². The maximum absolute atomic E-state index is 11.5. The van der Waals surface area contributed by atoms with Crippen molar-refractivity contribution in [2.24, 2.45) is 0 Å². The van der Waals surface area contributed by atoms with E-state index in [4.69, 9.17) is 9.84 Å². The van der Waals surface area contributed by atoms with E-state index in [1.165, 1.54) is 0 Å². The molecule has 0 saturated heterocycles. The van der Waals surface area contributed by atoms with Crippen molar-refractivity contribution >= 4 is 11.9 Å². The van der Waals surface area contributed by atoms with Crippen LogP contribution in [0.5, 0.6) is 0 Å². The van der Waals surface area contributed by atoms with E-state index in [1.807, 2.05) is 26.8 Å². The number of benzene rings is 1. The van der Waals surface area contributed by atoms with Gasteiger partial charge in [-0.1, -0.05) is 12.1 Å². The van der Waals surface area contributed by atoms with E-state index in [0.717, 1.165) is 5.56 Å². The molecular formula is C15H21NO4. The van der Waals surface area contributed by atoms with Crippen LogP contribution in [0, 0.1) is 0 Å². The summed E-state index contributed by atoms with van der Waals surface area (Å²) in [6.45, 7) is 6.50. The predicted octanol–water partition coefficient (Wildman–Crippen LogP) is 2.21. The summed E-state index contributed by atoms with van der Waals surface area (Å²) in [5, 5.41) is 12.0. The summed E-state index contributed by atoms with van der Waals surface area (Å²) < 4.78 is 5.18. The topological polar surface area (TPSA) is 75.6 Å². The van der Waals surface area contributed by atoms with Crippen LogP contribution in [0.2, 0.25) is 0 Å². The highest BCUT2D eigenvalue weighted by molar-refractivity contribution is 5.87.